The first-order valence-corrected chi connectivity index (χ1v) is 9.94. The molecule has 0 aromatic heterocycles. The predicted molar refractivity (Wildman–Crippen MR) is 108 cm³/mol. The van der Waals surface area contributed by atoms with Gasteiger partial charge in [-0.05, 0) is 39.1 Å². The largest absolute Gasteiger partial charge is 0.507 e. The van der Waals surface area contributed by atoms with Crippen LogP contribution in [-0.2, 0) is 20.0 Å². The van der Waals surface area contributed by atoms with E-state index in [9.17, 15) is 39.2 Å². The number of Topliss-reactive ketones (excluding diaryl/α,β-unsaturated/α-hetero) is 3. The molecule has 2 saturated carbocycles. The monoisotopic (exact) mass is 446 g/mol. The molecule has 170 valence electrons. The number of rotatable bonds is 1. The van der Waals surface area contributed by atoms with Crippen molar-refractivity contribution in [2.75, 3.05) is 14.1 Å². The zero-order valence-corrected chi connectivity index (χ0v) is 17.6. The van der Waals surface area contributed by atoms with Crippen LogP contribution in [0.25, 0.3) is 5.76 Å². The van der Waals surface area contributed by atoms with Gasteiger partial charge in [-0.2, -0.15) is 0 Å². The smallest absolute Gasteiger partial charge is 0.211 e. The quantitative estimate of drug-likeness (QED) is 0.174. The second-order valence-corrected chi connectivity index (χ2v) is 8.92. The average Bonchev–Trinajstić information content (AvgIpc) is 2.68. The lowest BCUT2D eigenvalue weighted by atomic mass is 9.53. The molecule has 0 heterocycles. The van der Waals surface area contributed by atoms with E-state index in [4.69, 9.17) is 5.73 Å². The number of carbonyl (C=O) groups is 3. The van der Waals surface area contributed by atoms with Gasteiger partial charge in [-0.3, -0.25) is 19.3 Å². The van der Waals surface area contributed by atoms with Crippen molar-refractivity contribution in [2.45, 2.75) is 30.6 Å². The molecule has 0 radical (unpaired) electrons. The topological polar surface area (TPSA) is 161 Å². The summed E-state index contributed by atoms with van der Waals surface area (Å²) in [6.07, 6.45) is -0.260. The normalized spacial score (nSPS) is 36.1. The number of aliphatic hydroxyl groups is 4. The molecule has 3 aliphatic carbocycles. The summed E-state index contributed by atoms with van der Waals surface area (Å²) in [6.45, 7) is 1.34. The summed E-state index contributed by atoms with van der Waals surface area (Å²) in [5.41, 5.74) is -1.18. The van der Waals surface area contributed by atoms with Gasteiger partial charge in [0.25, 0.3) is 0 Å². The third kappa shape index (κ3) is 2.51. The summed E-state index contributed by atoms with van der Waals surface area (Å²) in [6, 6.07) is 2.55. The van der Waals surface area contributed by atoms with Gasteiger partial charge in [0, 0.05) is 17.4 Å². The molecule has 1 aromatic rings. The molecule has 3 aliphatic rings. The molecule has 32 heavy (non-hydrogen) atoms. The lowest BCUT2D eigenvalue weighted by Gasteiger charge is -2.52. The Kier molecular flexibility index (Phi) is 4.64. The Morgan fingerprint density at radius 2 is 1.81 bits per heavy atom. The van der Waals surface area contributed by atoms with Crippen LogP contribution in [0, 0.1) is 17.7 Å². The Balaban J connectivity index is 2.03. The second kappa shape index (κ2) is 6.71. The lowest BCUT2D eigenvalue weighted by Crippen LogP contribution is -2.70. The van der Waals surface area contributed by atoms with Crippen molar-refractivity contribution in [2.24, 2.45) is 17.6 Å². The Morgan fingerprint density at radius 3 is 2.38 bits per heavy atom. The van der Waals surface area contributed by atoms with E-state index in [-0.39, 0.29) is 12.0 Å². The van der Waals surface area contributed by atoms with Gasteiger partial charge in [-0.1, -0.05) is 12.1 Å². The van der Waals surface area contributed by atoms with Crippen molar-refractivity contribution in [3.8, 4) is 0 Å². The predicted octanol–water partition coefficient (Wildman–Crippen LogP) is 0.0625. The first kappa shape index (κ1) is 22.1. The molecular formula is C22H23FN2O7. The Bertz CT molecular complexity index is 1150. The lowest BCUT2D eigenvalue weighted by molar-refractivity contribution is -0.169. The molecule has 2 fully saturated rings. The number of hydrogen-bond donors (Lipinski definition) is 5. The Hall–Kier alpha value is -3.08. The minimum atomic E-state index is -2.86. The van der Waals surface area contributed by atoms with Gasteiger partial charge in [-0.25, -0.2) is 4.39 Å². The van der Waals surface area contributed by atoms with E-state index in [1.165, 1.54) is 38.1 Å². The van der Waals surface area contributed by atoms with E-state index in [0.717, 1.165) is 6.07 Å². The third-order valence-corrected chi connectivity index (χ3v) is 6.98. The fourth-order valence-electron chi connectivity index (χ4n) is 5.47. The van der Waals surface area contributed by atoms with Crippen molar-refractivity contribution in [1.82, 2.24) is 4.90 Å². The number of aliphatic hydroxyl groups excluding tert-OH is 2. The van der Waals surface area contributed by atoms with Crippen LogP contribution >= 0.6 is 0 Å². The number of halogens is 1. The Labute approximate surface area is 182 Å². The number of ketones is 3. The first-order valence-electron chi connectivity index (χ1n) is 9.94. The molecule has 0 aliphatic heterocycles. The van der Waals surface area contributed by atoms with E-state index in [1.54, 1.807) is 0 Å². The highest BCUT2D eigenvalue weighted by Crippen LogP contribution is 2.55. The van der Waals surface area contributed by atoms with Gasteiger partial charge in [0.2, 0.25) is 11.6 Å². The zero-order valence-electron chi connectivity index (χ0n) is 17.6. The molecular weight excluding hydrogens is 423 g/mol. The molecule has 0 spiro atoms. The van der Waals surface area contributed by atoms with Crippen molar-refractivity contribution in [1.29, 1.82) is 0 Å². The van der Waals surface area contributed by atoms with Gasteiger partial charge < -0.3 is 26.2 Å². The molecule has 0 amide bonds. The zero-order chi connectivity index (χ0) is 23.9. The van der Waals surface area contributed by atoms with Gasteiger partial charge >= 0.3 is 0 Å². The maximum atomic E-state index is 14.6. The van der Waals surface area contributed by atoms with Crippen molar-refractivity contribution < 1.29 is 39.2 Å². The summed E-state index contributed by atoms with van der Waals surface area (Å²) in [4.78, 5) is 41.1. The van der Waals surface area contributed by atoms with Crippen LogP contribution in [0.5, 0.6) is 0 Å². The van der Waals surface area contributed by atoms with Crippen LogP contribution < -0.4 is 5.73 Å². The van der Waals surface area contributed by atoms with E-state index >= 15 is 0 Å². The molecule has 1 unspecified atom stereocenters. The minimum absolute atomic E-state index is 0.0389. The molecule has 9 nitrogen and oxygen atoms in total. The van der Waals surface area contributed by atoms with E-state index in [0.29, 0.717) is 0 Å². The van der Waals surface area contributed by atoms with Gasteiger partial charge in [0.15, 0.2) is 17.3 Å². The molecule has 5 atom stereocenters. The number of likely N-dealkylation sites (N-methyl/N-ethyl adjacent to an activating group) is 1. The van der Waals surface area contributed by atoms with Crippen LogP contribution in [0.4, 0.5) is 4.39 Å². The number of nitrogens with two attached hydrogens (primary N) is 1. The van der Waals surface area contributed by atoms with Gasteiger partial charge in [0.05, 0.1) is 17.2 Å². The number of nitrogens with zero attached hydrogens (tertiary/aromatic N) is 1. The first-order chi connectivity index (χ1) is 14.8. The number of benzene rings is 1. The van der Waals surface area contributed by atoms with Crippen LogP contribution in [0.2, 0.25) is 0 Å². The highest BCUT2D eigenvalue weighted by atomic mass is 19.1. The molecule has 0 bridgehead atoms. The third-order valence-electron chi connectivity index (χ3n) is 6.98. The van der Waals surface area contributed by atoms with E-state index in [2.05, 4.69) is 0 Å². The van der Waals surface area contributed by atoms with E-state index in [1.807, 2.05) is 0 Å². The molecule has 1 aromatic carbocycles. The van der Waals surface area contributed by atoms with Gasteiger partial charge in [0.1, 0.15) is 17.1 Å². The fourth-order valence-corrected chi connectivity index (χ4v) is 5.47. The molecule has 10 heteroatoms. The number of carbonyl (C=O) groups excluding carboxylic acids is 3. The van der Waals surface area contributed by atoms with Crippen molar-refractivity contribution in [3.63, 3.8) is 0 Å². The highest BCUT2D eigenvalue weighted by Gasteiger charge is 2.68. The number of hydrogen-bond acceptors (Lipinski definition) is 9. The summed E-state index contributed by atoms with van der Waals surface area (Å²) in [5.74, 6) is -8.84. The fraction of sp³-hybridized carbons (Fsp3) is 0.409. The maximum Gasteiger partial charge on any atom is 0.211 e. The van der Waals surface area contributed by atoms with Gasteiger partial charge in [-0.15, -0.1) is 0 Å². The van der Waals surface area contributed by atoms with E-state index < -0.39 is 80.6 Å². The Morgan fingerprint density at radius 1 is 1.19 bits per heavy atom. The standard InChI is InChI=1S/C22H23FN2O7/c1-21(31)8-5-4-6-11(23)12(8)16(26)13-9(21)7-10-15(25(2)3)17(27)14(20(24)30)19(29)22(10,32)18(13)28/h4-6,9-10,15,26,30-32H,7,24H2,1-3H3/b20-14-/t9-,10+,15-,21?,22+/m0/s1. The summed E-state index contributed by atoms with van der Waals surface area (Å²) >= 11 is 0. The number of fused-ring (bicyclic) bond motifs is 3. The van der Waals surface area contributed by atoms with Crippen molar-refractivity contribution in [3.05, 3.63) is 52.2 Å². The summed E-state index contributed by atoms with van der Waals surface area (Å²) in [5, 5.41) is 43.4. The average molecular weight is 446 g/mol. The van der Waals surface area contributed by atoms with Crippen LogP contribution in [0.1, 0.15) is 24.5 Å². The molecule has 6 N–H and O–H groups in total. The second-order valence-electron chi connectivity index (χ2n) is 8.92. The minimum Gasteiger partial charge on any atom is -0.507 e. The summed E-state index contributed by atoms with van der Waals surface area (Å²) < 4.78 is 14.6. The van der Waals surface area contributed by atoms with Crippen LogP contribution in [-0.4, -0.2) is 68.4 Å². The molecule has 0 saturated heterocycles. The highest BCUT2D eigenvalue weighted by molar-refractivity contribution is 6.35. The molecule has 4 rings (SSSR count). The maximum absolute atomic E-state index is 14.6. The van der Waals surface area contributed by atoms with Crippen LogP contribution in [0.15, 0.2) is 35.2 Å². The van der Waals surface area contributed by atoms with Crippen LogP contribution in [0.3, 0.4) is 0 Å². The summed E-state index contributed by atoms with van der Waals surface area (Å²) in [7, 11) is 2.97. The SMILES string of the molecule is CN(C)[C@@H]1C(=O)/C(=C(\N)O)C(=O)[C@]2(O)C(=O)C3=C(O)c4c(F)cccc4C(C)(O)[C@H]3C[C@H]12. The van der Waals surface area contributed by atoms with Crippen molar-refractivity contribution >= 4 is 23.1 Å².